The van der Waals surface area contributed by atoms with Crippen molar-refractivity contribution in [1.82, 2.24) is 14.8 Å². The highest BCUT2D eigenvalue weighted by Crippen LogP contribution is 2.27. The molecule has 2 aromatic rings. The van der Waals surface area contributed by atoms with E-state index in [0.29, 0.717) is 0 Å². The Balaban J connectivity index is 2.63. The van der Waals surface area contributed by atoms with Gasteiger partial charge in [-0.1, -0.05) is 0 Å². The Kier molecular flexibility index (Phi) is 3.92. The van der Waals surface area contributed by atoms with Crippen LogP contribution in [-0.2, 0) is 15.6 Å². The molecule has 1 aromatic carbocycles. The van der Waals surface area contributed by atoms with Crippen LogP contribution in [0.4, 0.5) is 10.1 Å². The highest BCUT2D eigenvalue weighted by molar-refractivity contribution is 8.13. The van der Waals surface area contributed by atoms with E-state index in [1.165, 1.54) is 0 Å². The van der Waals surface area contributed by atoms with Gasteiger partial charge in [0.1, 0.15) is 5.82 Å². The third-order valence-electron chi connectivity index (χ3n) is 2.66. The van der Waals surface area contributed by atoms with Gasteiger partial charge in [-0.25, -0.2) is 12.8 Å². The van der Waals surface area contributed by atoms with Crippen molar-refractivity contribution in [2.45, 2.75) is 18.6 Å². The van der Waals surface area contributed by atoms with E-state index in [9.17, 15) is 22.9 Å². The molecular formula is C10H8ClFN4O4S. The van der Waals surface area contributed by atoms with Crippen molar-refractivity contribution in [3.05, 3.63) is 34.1 Å². The molecular weight excluding hydrogens is 327 g/mol. The minimum absolute atomic E-state index is 0.0795. The molecule has 0 atom stereocenters. The summed E-state index contributed by atoms with van der Waals surface area (Å²) in [6.07, 6.45) is 0. The first-order chi connectivity index (χ1) is 9.75. The molecule has 0 aliphatic carbocycles. The highest BCUT2D eigenvalue weighted by atomic mass is 35.7. The second kappa shape index (κ2) is 5.37. The van der Waals surface area contributed by atoms with Crippen LogP contribution in [-0.4, -0.2) is 28.1 Å². The minimum atomic E-state index is -4.14. The number of nitrogens with zero attached hydrogens (tertiary/aromatic N) is 4. The summed E-state index contributed by atoms with van der Waals surface area (Å²) in [7, 11) is 1.08. The predicted molar refractivity (Wildman–Crippen MR) is 70.8 cm³/mol. The number of halogens is 2. The van der Waals surface area contributed by atoms with Crippen LogP contribution in [0.5, 0.6) is 0 Å². The summed E-state index contributed by atoms with van der Waals surface area (Å²) in [5, 5.41) is 17.1. The summed E-state index contributed by atoms with van der Waals surface area (Å²) in [5.41, 5.74) is -0.537. The number of non-ortho nitro benzene ring substituents is 1. The molecule has 0 bridgehead atoms. The molecule has 2 rings (SSSR count). The van der Waals surface area contributed by atoms with Crippen LogP contribution in [0.2, 0.25) is 0 Å². The zero-order valence-electron chi connectivity index (χ0n) is 10.5. The third-order valence-corrected chi connectivity index (χ3v) is 3.81. The van der Waals surface area contributed by atoms with Gasteiger partial charge in [-0.15, -0.1) is 10.2 Å². The topological polar surface area (TPSA) is 108 Å². The molecule has 21 heavy (non-hydrogen) atoms. The van der Waals surface area contributed by atoms with Crippen LogP contribution in [0.25, 0.3) is 11.4 Å². The number of nitro groups is 1. The molecule has 0 spiro atoms. The van der Waals surface area contributed by atoms with Crippen molar-refractivity contribution < 1.29 is 17.7 Å². The number of rotatable bonds is 4. The fourth-order valence-corrected chi connectivity index (χ4v) is 2.71. The Hall–Kier alpha value is -2.07. The lowest BCUT2D eigenvalue weighted by Crippen LogP contribution is -2.06. The molecule has 0 fully saturated rings. The van der Waals surface area contributed by atoms with E-state index in [1.54, 1.807) is 6.92 Å². The van der Waals surface area contributed by atoms with Gasteiger partial charge >= 0.3 is 0 Å². The molecule has 1 heterocycles. The predicted octanol–water partition coefficient (Wildman–Crippen LogP) is 1.94. The smallest absolute Gasteiger partial charge is 0.296 e. The molecule has 0 N–H and O–H groups in total. The Morgan fingerprint density at radius 3 is 2.57 bits per heavy atom. The summed E-state index contributed by atoms with van der Waals surface area (Å²) in [4.78, 5) is 9.82. The molecule has 11 heteroatoms. The number of hydrogen-bond acceptors (Lipinski definition) is 6. The lowest BCUT2D eigenvalue weighted by molar-refractivity contribution is -0.385. The molecule has 0 aliphatic rings. The molecule has 0 saturated heterocycles. The zero-order chi connectivity index (χ0) is 15.8. The quantitative estimate of drug-likeness (QED) is 0.480. The maximum atomic E-state index is 14.0. The van der Waals surface area contributed by atoms with E-state index < -0.39 is 30.6 Å². The minimum Gasteiger partial charge on any atom is -0.297 e. The first kappa shape index (κ1) is 15.3. The van der Waals surface area contributed by atoms with Crippen LogP contribution in [0.3, 0.4) is 0 Å². The van der Waals surface area contributed by atoms with Gasteiger partial charge in [-0.2, -0.15) is 0 Å². The Morgan fingerprint density at radius 1 is 1.43 bits per heavy atom. The average molecular weight is 335 g/mol. The van der Waals surface area contributed by atoms with Crippen LogP contribution in [0.1, 0.15) is 6.92 Å². The molecule has 0 saturated carbocycles. The summed E-state index contributed by atoms with van der Waals surface area (Å²) < 4.78 is 37.7. The third kappa shape index (κ3) is 2.85. The summed E-state index contributed by atoms with van der Waals surface area (Å²) in [6, 6.07) is 2.94. The summed E-state index contributed by atoms with van der Waals surface area (Å²) in [5.74, 6) is -0.992. The normalized spacial score (nSPS) is 11.6. The van der Waals surface area contributed by atoms with E-state index >= 15 is 0 Å². The number of nitro benzene ring substituents is 1. The largest absolute Gasteiger partial charge is 0.297 e. The van der Waals surface area contributed by atoms with E-state index in [2.05, 4.69) is 10.2 Å². The van der Waals surface area contributed by atoms with Crippen molar-refractivity contribution in [2.24, 2.45) is 0 Å². The molecule has 0 unspecified atom stereocenters. The van der Waals surface area contributed by atoms with Crippen molar-refractivity contribution in [2.75, 3.05) is 0 Å². The molecule has 112 valence electrons. The lowest BCUT2D eigenvalue weighted by atomic mass is 10.2. The van der Waals surface area contributed by atoms with E-state index in [0.717, 1.165) is 22.8 Å². The second-order valence-electron chi connectivity index (χ2n) is 3.91. The first-order valence-corrected chi connectivity index (χ1v) is 7.88. The maximum absolute atomic E-state index is 14.0. The number of aromatic nitrogens is 3. The summed E-state index contributed by atoms with van der Waals surface area (Å²) >= 11 is 0. The molecule has 0 aliphatic heterocycles. The first-order valence-electron chi connectivity index (χ1n) is 5.58. The fourth-order valence-electron chi connectivity index (χ4n) is 1.75. The Bertz CT molecular complexity index is 820. The Labute approximate surface area is 122 Å². The fraction of sp³-hybridized carbons (Fsp3) is 0.200. The van der Waals surface area contributed by atoms with Crippen molar-refractivity contribution >= 4 is 25.4 Å². The van der Waals surface area contributed by atoms with Gasteiger partial charge < -0.3 is 0 Å². The Morgan fingerprint density at radius 2 is 2.10 bits per heavy atom. The SMILES string of the molecule is CCn1c(-c2ccc([N+](=O)[O-])cc2F)nnc1S(=O)(=O)Cl. The summed E-state index contributed by atoms with van der Waals surface area (Å²) in [6.45, 7) is 1.72. The van der Waals surface area contributed by atoms with Crippen LogP contribution >= 0.6 is 10.7 Å². The molecule has 0 amide bonds. The van der Waals surface area contributed by atoms with Gasteiger partial charge in [0.25, 0.3) is 19.9 Å². The van der Waals surface area contributed by atoms with E-state index in [4.69, 9.17) is 10.7 Å². The van der Waals surface area contributed by atoms with Gasteiger partial charge in [0, 0.05) is 23.3 Å². The monoisotopic (exact) mass is 334 g/mol. The second-order valence-corrected chi connectivity index (χ2v) is 6.37. The highest BCUT2D eigenvalue weighted by Gasteiger charge is 2.24. The van der Waals surface area contributed by atoms with Crippen LogP contribution < -0.4 is 0 Å². The van der Waals surface area contributed by atoms with Gasteiger partial charge in [0.05, 0.1) is 16.6 Å². The van der Waals surface area contributed by atoms with Crippen molar-refractivity contribution in [1.29, 1.82) is 0 Å². The molecule has 0 radical (unpaired) electrons. The number of benzene rings is 1. The van der Waals surface area contributed by atoms with Crippen LogP contribution in [0.15, 0.2) is 23.4 Å². The number of hydrogen-bond donors (Lipinski definition) is 0. The van der Waals surface area contributed by atoms with E-state index in [-0.39, 0.29) is 17.9 Å². The van der Waals surface area contributed by atoms with Crippen molar-refractivity contribution in [3.63, 3.8) is 0 Å². The van der Waals surface area contributed by atoms with Gasteiger partial charge in [-0.3, -0.25) is 14.7 Å². The van der Waals surface area contributed by atoms with Gasteiger partial charge in [0.15, 0.2) is 5.82 Å². The van der Waals surface area contributed by atoms with E-state index in [1.807, 2.05) is 0 Å². The van der Waals surface area contributed by atoms with Gasteiger partial charge in [0.2, 0.25) is 0 Å². The van der Waals surface area contributed by atoms with Gasteiger partial charge in [-0.05, 0) is 13.0 Å². The van der Waals surface area contributed by atoms with Crippen molar-refractivity contribution in [3.8, 4) is 11.4 Å². The average Bonchev–Trinajstić information content (AvgIpc) is 2.81. The maximum Gasteiger partial charge on any atom is 0.296 e. The van der Waals surface area contributed by atoms with Crippen LogP contribution in [0, 0.1) is 15.9 Å². The molecule has 8 nitrogen and oxygen atoms in total. The standard InChI is InChI=1S/C10H8ClFN4O4S/c1-2-15-9(13-14-10(15)21(11,19)20)7-4-3-6(16(17)18)5-8(7)12/h3-5H,2H2,1H3. The zero-order valence-corrected chi connectivity index (χ0v) is 12.1. The lowest BCUT2D eigenvalue weighted by Gasteiger charge is -2.06. The molecule has 1 aromatic heterocycles.